The predicted octanol–water partition coefficient (Wildman–Crippen LogP) is 3.10. The Morgan fingerprint density at radius 3 is 2.50 bits per heavy atom. The molecular weight excluding hydrogens is 245 g/mol. The van der Waals surface area contributed by atoms with Gasteiger partial charge in [0.05, 0.1) is 23.3 Å². The summed E-state index contributed by atoms with van der Waals surface area (Å²) >= 11 is 5.70. The normalized spacial score (nSPS) is 14.5. The van der Waals surface area contributed by atoms with Gasteiger partial charge in [-0.05, 0) is 13.8 Å². The van der Waals surface area contributed by atoms with Crippen LogP contribution in [0, 0.1) is 0 Å². The van der Waals surface area contributed by atoms with Gasteiger partial charge in [0.25, 0.3) is 0 Å². The van der Waals surface area contributed by atoms with Gasteiger partial charge in [-0.1, -0.05) is 11.6 Å². The van der Waals surface area contributed by atoms with E-state index in [0.29, 0.717) is 0 Å². The average Bonchev–Trinajstić information content (AvgIpc) is 2.43. The van der Waals surface area contributed by atoms with Gasteiger partial charge >= 0.3 is 6.18 Å². The highest BCUT2D eigenvalue weighted by Crippen LogP contribution is 2.33. The molecule has 0 saturated heterocycles. The predicted molar refractivity (Wildman–Crippen MR) is 53.3 cm³/mol. The average molecular weight is 257 g/mol. The lowest BCUT2D eigenvalue weighted by Crippen LogP contribution is -2.18. The third-order valence-corrected chi connectivity index (χ3v) is 2.31. The highest BCUT2D eigenvalue weighted by Gasteiger charge is 2.34. The fourth-order valence-electron chi connectivity index (χ4n) is 1.39. The minimum Gasteiger partial charge on any atom is -0.386 e. The first-order valence-corrected chi connectivity index (χ1v) is 5.08. The molecule has 0 aliphatic heterocycles. The van der Waals surface area contributed by atoms with Crippen molar-refractivity contribution >= 4 is 11.6 Å². The van der Waals surface area contributed by atoms with Crippen LogP contribution in [0.3, 0.4) is 0 Å². The van der Waals surface area contributed by atoms with Crippen LogP contribution < -0.4 is 0 Å². The topological polar surface area (TPSA) is 38.0 Å². The van der Waals surface area contributed by atoms with Crippen molar-refractivity contribution in [3.05, 3.63) is 16.9 Å². The molecular formula is C9H12ClF3N2O. The molecule has 1 atom stereocenters. The van der Waals surface area contributed by atoms with Crippen molar-refractivity contribution in [2.75, 3.05) is 0 Å². The number of hydrogen-bond donors (Lipinski definition) is 1. The number of aliphatic hydroxyl groups is 1. The lowest BCUT2D eigenvalue weighted by Gasteiger charge is -2.17. The summed E-state index contributed by atoms with van der Waals surface area (Å²) in [4.78, 5) is 0. The van der Waals surface area contributed by atoms with E-state index in [1.165, 1.54) is 10.9 Å². The highest BCUT2D eigenvalue weighted by atomic mass is 35.5. The SMILES string of the molecule is CC(C)n1ncc(Cl)c1C(O)CC(F)(F)F. The van der Waals surface area contributed by atoms with Crippen LogP contribution in [-0.4, -0.2) is 21.1 Å². The molecule has 1 rings (SSSR count). The van der Waals surface area contributed by atoms with Crippen LogP contribution in [0.15, 0.2) is 6.20 Å². The molecule has 0 saturated carbocycles. The van der Waals surface area contributed by atoms with Gasteiger partial charge in [0, 0.05) is 6.04 Å². The second-order valence-electron chi connectivity index (χ2n) is 3.75. The van der Waals surface area contributed by atoms with Gasteiger partial charge < -0.3 is 5.11 Å². The molecule has 0 spiro atoms. The molecule has 0 aliphatic carbocycles. The van der Waals surface area contributed by atoms with Gasteiger partial charge in [-0.15, -0.1) is 0 Å². The molecule has 0 aliphatic rings. The van der Waals surface area contributed by atoms with E-state index in [1.807, 2.05) is 0 Å². The van der Waals surface area contributed by atoms with E-state index in [4.69, 9.17) is 11.6 Å². The standard InChI is InChI=1S/C9H12ClF3N2O/c1-5(2)15-8(6(10)4-14-15)7(16)3-9(11,12)13/h4-5,7,16H,3H2,1-2H3. The number of alkyl halides is 3. The Labute approximate surface area is 95.8 Å². The third kappa shape index (κ3) is 3.12. The van der Waals surface area contributed by atoms with Crippen LogP contribution >= 0.6 is 11.6 Å². The molecule has 0 fully saturated rings. The maximum atomic E-state index is 12.1. The molecule has 1 unspecified atom stereocenters. The maximum absolute atomic E-state index is 12.1. The van der Waals surface area contributed by atoms with Gasteiger partial charge in [-0.3, -0.25) is 4.68 Å². The van der Waals surface area contributed by atoms with Crippen molar-refractivity contribution in [2.24, 2.45) is 0 Å². The first kappa shape index (κ1) is 13.3. The summed E-state index contributed by atoms with van der Waals surface area (Å²) in [6.45, 7) is 3.49. The summed E-state index contributed by atoms with van der Waals surface area (Å²) in [6.07, 6.45) is -6.21. The minimum absolute atomic E-state index is 0.00833. The van der Waals surface area contributed by atoms with Crippen molar-refractivity contribution < 1.29 is 18.3 Å². The molecule has 1 aromatic heterocycles. The van der Waals surface area contributed by atoms with Crippen molar-refractivity contribution in [3.63, 3.8) is 0 Å². The molecule has 0 bridgehead atoms. The van der Waals surface area contributed by atoms with Crippen molar-refractivity contribution in [2.45, 2.75) is 38.6 Å². The number of hydrogen-bond acceptors (Lipinski definition) is 2. The molecule has 1 heterocycles. The summed E-state index contributed by atoms with van der Waals surface area (Å²) in [5.41, 5.74) is 0.00833. The highest BCUT2D eigenvalue weighted by molar-refractivity contribution is 6.31. The van der Waals surface area contributed by atoms with Gasteiger partial charge in [0.1, 0.15) is 6.10 Å². The second-order valence-corrected chi connectivity index (χ2v) is 4.16. The number of aliphatic hydroxyl groups excluding tert-OH is 1. The monoisotopic (exact) mass is 256 g/mol. The molecule has 3 nitrogen and oxygen atoms in total. The second kappa shape index (κ2) is 4.63. The van der Waals surface area contributed by atoms with Crippen LogP contribution in [0.1, 0.15) is 38.1 Å². The fourth-order valence-corrected chi connectivity index (χ4v) is 1.65. The van der Waals surface area contributed by atoms with Crippen molar-refractivity contribution in [1.29, 1.82) is 0 Å². The number of aromatic nitrogens is 2. The summed E-state index contributed by atoms with van der Waals surface area (Å²) < 4.78 is 37.7. The minimum atomic E-state index is -4.44. The Kier molecular flexibility index (Phi) is 3.85. The van der Waals surface area contributed by atoms with Crippen LogP contribution in [0.4, 0.5) is 13.2 Å². The van der Waals surface area contributed by atoms with Crippen molar-refractivity contribution in [3.8, 4) is 0 Å². The summed E-state index contributed by atoms with van der Waals surface area (Å²) in [5, 5.41) is 13.4. The van der Waals surface area contributed by atoms with Crippen LogP contribution in [0.5, 0.6) is 0 Å². The largest absolute Gasteiger partial charge is 0.391 e. The lowest BCUT2D eigenvalue weighted by molar-refractivity contribution is -0.155. The zero-order valence-electron chi connectivity index (χ0n) is 8.79. The quantitative estimate of drug-likeness (QED) is 0.902. The van der Waals surface area contributed by atoms with E-state index in [2.05, 4.69) is 5.10 Å². The lowest BCUT2D eigenvalue weighted by atomic mass is 10.1. The van der Waals surface area contributed by atoms with Crippen LogP contribution in [-0.2, 0) is 0 Å². The van der Waals surface area contributed by atoms with E-state index in [-0.39, 0.29) is 16.8 Å². The summed E-state index contributed by atoms with van der Waals surface area (Å²) in [5.74, 6) is 0. The van der Waals surface area contributed by atoms with Crippen LogP contribution in [0.25, 0.3) is 0 Å². The van der Waals surface area contributed by atoms with E-state index >= 15 is 0 Å². The molecule has 0 aromatic carbocycles. The van der Waals surface area contributed by atoms with E-state index < -0.39 is 18.7 Å². The Morgan fingerprint density at radius 2 is 2.06 bits per heavy atom. The molecule has 1 N–H and O–H groups in total. The van der Waals surface area contributed by atoms with Gasteiger partial charge in [-0.2, -0.15) is 18.3 Å². The zero-order chi connectivity index (χ0) is 12.5. The Hall–Kier alpha value is -0.750. The smallest absolute Gasteiger partial charge is 0.386 e. The molecule has 92 valence electrons. The number of nitrogens with zero attached hydrogens (tertiary/aromatic N) is 2. The molecule has 0 radical (unpaired) electrons. The molecule has 0 amide bonds. The Balaban J connectivity index is 2.98. The maximum Gasteiger partial charge on any atom is 0.391 e. The van der Waals surface area contributed by atoms with Gasteiger partial charge in [0.2, 0.25) is 0 Å². The third-order valence-electron chi connectivity index (χ3n) is 2.02. The Morgan fingerprint density at radius 1 is 1.50 bits per heavy atom. The molecule has 7 heteroatoms. The van der Waals surface area contributed by atoms with Gasteiger partial charge in [0.15, 0.2) is 0 Å². The number of halogens is 4. The number of rotatable bonds is 3. The Bertz CT molecular complexity index is 362. The van der Waals surface area contributed by atoms with E-state index in [0.717, 1.165) is 0 Å². The summed E-state index contributed by atoms with van der Waals surface area (Å²) in [7, 11) is 0. The molecule has 1 aromatic rings. The van der Waals surface area contributed by atoms with E-state index in [9.17, 15) is 18.3 Å². The first-order valence-electron chi connectivity index (χ1n) is 4.70. The van der Waals surface area contributed by atoms with Gasteiger partial charge in [-0.25, -0.2) is 0 Å². The zero-order valence-corrected chi connectivity index (χ0v) is 9.55. The first-order chi connectivity index (χ1) is 7.22. The van der Waals surface area contributed by atoms with Crippen LogP contribution in [0.2, 0.25) is 5.02 Å². The molecule has 16 heavy (non-hydrogen) atoms. The fraction of sp³-hybridized carbons (Fsp3) is 0.667. The van der Waals surface area contributed by atoms with Crippen molar-refractivity contribution in [1.82, 2.24) is 9.78 Å². The summed E-state index contributed by atoms with van der Waals surface area (Å²) in [6, 6.07) is -0.162. The van der Waals surface area contributed by atoms with E-state index in [1.54, 1.807) is 13.8 Å².